The second-order valence-electron chi connectivity index (χ2n) is 7.27. The van der Waals surface area contributed by atoms with Crippen LogP contribution < -0.4 is 10.3 Å². The first-order valence-corrected chi connectivity index (χ1v) is 10.4. The van der Waals surface area contributed by atoms with Crippen LogP contribution in [0.3, 0.4) is 0 Å². The summed E-state index contributed by atoms with van der Waals surface area (Å²) < 4.78 is 12.2. The van der Waals surface area contributed by atoms with E-state index in [0.29, 0.717) is 38.6 Å². The monoisotopic (exact) mass is 457 g/mol. The van der Waals surface area contributed by atoms with E-state index in [1.807, 2.05) is 6.07 Å². The first-order valence-electron chi connectivity index (χ1n) is 10.0. The summed E-state index contributed by atoms with van der Waals surface area (Å²) >= 11 is 6.10. The minimum absolute atomic E-state index is 0.263. The number of ether oxygens (including phenoxy) is 1. The Balaban J connectivity index is 1.63. The van der Waals surface area contributed by atoms with Crippen molar-refractivity contribution in [3.05, 3.63) is 93.7 Å². The molecule has 0 unspecified atom stereocenters. The van der Waals surface area contributed by atoms with Gasteiger partial charge in [0.1, 0.15) is 11.3 Å². The molecule has 0 saturated carbocycles. The molecule has 0 aliphatic heterocycles. The number of hydrogen-bond acceptors (Lipinski definition) is 6. The molecule has 5 rings (SSSR count). The van der Waals surface area contributed by atoms with Crippen molar-refractivity contribution in [1.82, 2.24) is 9.66 Å². The fourth-order valence-corrected chi connectivity index (χ4v) is 3.61. The highest BCUT2D eigenvalue weighted by Crippen LogP contribution is 2.29. The number of carbonyl (C=O) groups excluding carboxylic acids is 1. The van der Waals surface area contributed by atoms with Gasteiger partial charge in [0.2, 0.25) is 5.82 Å². The van der Waals surface area contributed by atoms with Crippen LogP contribution in [0.4, 0.5) is 0 Å². The van der Waals surface area contributed by atoms with Crippen molar-refractivity contribution in [2.75, 3.05) is 0 Å². The molecule has 0 aliphatic carbocycles. The van der Waals surface area contributed by atoms with E-state index in [2.05, 4.69) is 10.1 Å². The van der Waals surface area contributed by atoms with E-state index in [1.165, 1.54) is 17.8 Å². The summed E-state index contributed by atoms with van der Waals surface area (Å²) in [5, 5.41) is 6.20. The number of hydrogen-bond donors (Lipinski definition) is 0. The van der Waals surface area contributed by atoms with Crippen molar-refractivity contribution >= 4 is 45.7 Å². The molecule has 0 amide bonds. The van der Waals surface area contributed by atoms with Crippen molar-refractivity contribution < 1.29 is 13.9 Å². The van der Waals surface area contributed by atoms with Crippen molar-refractivity contribution in [2.24, 2.45) is 5.10 Å². The third-order valence-corrected chi connectivity index (χ3v) is 5.15. The largest absolute Gasteiger partial charge is 0.453 e. The number of carbonyl (C=O) groups is 1. The Hall–Kier alpha value is -4.23. The van der Waals surface area contributed by atoms with Gasteiger partial charge in [-0.25, -0.2) is 4.98 Å². The van der Waals surface area contributed by atoms with E-state index in [0.717, 1.165) is 5.39 Å². The van der Waals surface area contributed by atoms with Gasteiger partial charge < -0.3 is 9.15 Å². The molecule has 0 radical (unpaired) electrons. The summed E-state index contributed by atoms with van der Waals surface area (Å²) in [4.78, 5) is 29.0. The van der Waals surface area contributed by atoms with Gasteiger partial charge in [-0.05, 0) is 66.2 Å². The molecule has 0 bridgehead atoms. The lowest BCUT2D eigenvalue weighted by atomic mass is 10.2. The highest BCUT2D eigenvalue weighted by atomic mass is 35.5. The molecule has 0 aliphatic rings. The predicted molar refractivity (Wildman–Crippen MR) is 127 cm³/mol. The van der Waals surface area contributed by atoms with Crippen molar-refractivity contribution in [3.63, 3.8) is 0 Å². The predicted octanol–water partition coefficient (Wildman–Crippen LogP) is 5.27. The average molecular weight is 458 g/mol. The van der Waals surface area contributed by atoms with Crippen molar-refractivity contribution in [3.8, 4) is 17.3 Å². The molecule has 33 heavy (non-hydrogen) atoms. The Kier molecular flexibility index (Phi) is 5.24. The lowest BCUT2D eigenvalue weighted by Gasteiger charge is -2.07. The minimum atomic E-state index is -0.401. The van der Waals surface area contributed by atoms with Crippen LogP contribution in [0.15, 0.2) is 87.1 Å². The smallest absolute Gasteiger partial charge is 0.308 e. The number of rotatable bonds is 4. The Bertz CT molecular complexity index is 1600. The highest BCUT2D eigenvalue weighted by molar-refractivity contribution is 6.31. The number of benzene rings is 3. The van der Waals surface area contributed by atoms with Crippen molar-refractivity contribution in [1.29, 1.82) is 0 Å². The number of furan rings is 1. The fourth-order valence-electron chi connectivity index (χ4n) is 3.43. The van der Waals surface area contributed by atoms with Gasteiger partial charge in [-0.1, -0.05) is 23.7 Å². The van der Waals surface area contributed by atoms with E-state index < -0.39 is 5.97 Å². The molecule has 2 heterocycles. The van der Waals surface area contributed by atoms with Crippen LogP contribution in [0.1, 0.15) is 12.5 Å². The van der Waals surface area contributed by atoms with Gasteiger partial charge in [-0.3, -0.25) is 9.59 Å². The first kappa shape index (κ1) is 20.7. The second kappa shape index (κ2) is 8.37. The highest BCUT2D eigenvalue weighted by Gasteiger charge is 2.16. The summed E-state index contributed by atoms with van der Waals surface area (Å²) in [6, 6.07) is 20.9. The summed E-state index contributed by atoms with van der Waals surface area (Å²) in [5.74, 6) is 0.670. The van der Waals surface area contributed by atoms with Gasteiger partial charge in [0.15, 0.2) is 5.76 Å². The number of fused-ring (bicyclic) bond motifs is 2. The van der Waals surface area contributed by atoms with Gasteiger partial charge in [-0.15, -0.1) is 0 Å². The van der Waals surface area contributed by atoms with Gasteiger partial charge >= 0.3 is 5.97 Å². The molecule has 0 saturated heterocycles. The summed E-state index contributed by atoms with van der Waals surface area (Å²) in [6.45, 7) is 1.34. The van der Waals surface area contributed by atoms with E-state index in [4.69, 9.17) is 20.8 Å². The first-order chi connectivity index (χ1) is 16.0. The standard InChI is InChI=1S/C25H16ClN3O4/c1-15(30)32-19-9-6-16(7-10-19)14-27-29-24(28-21-5-3-2-4-20(21)25(29)31)23-13-17-12-18(26)8-11-22(17)33-23/h2-14H,1H3. The molecule has 0 N–H and O–H groups in total. The lowest BCUT2D eigenvalue weighted by molar-refractivity contribution is -0.131. The molecule has 2 aromatic heterocycles. The van der Waals surface area contributed by atoms with Crippen LogP contribution in [0.25, 0.3) is 33.5 Å². The maximum absolute atomic E-state index is 13.3. The van der Waals surface area contributed by atoms with Crippen LogP contribution in [0.2, 0.25) is 5.02 Å². The van der Waals surface area contributed by atoms with Crippen molar-refractivity contribution in [2.45, 2.75) is 6.92 Å². The normalized spacial score (nSPS) is 11.5. The molecular formula is C25H16ClN3O4. The van der Waals surface area contributed by atoms with E-state index >= 15 is 0 Å². The van der Waals surface area contributed by atoms with Gasteiger partial charge in [0, 0.05) is 17.3 Å². The molecule has 0 atom stereocenters. The minimum Gasteiger partial charge on any atom is -0.453 e. The summed E-state index contributed by atoms with van der Waals surface area (Å²) in [5.41, 5.74) is 1.52. The number of halogens is 1. The van der Waals surface area contributed by atoms with Crippen LogP contribution in [-0.4, -0.2) is 21.8 Å². The molecule has 162 valence electrons. The maximum atomic E-state index is 13.3. The molecular weight excluding hydrogens is 442 g/mol. The third-order valence-electron chi connectivity index (χ3n) is 4.92. The number of para-hydroxylation sites is 1. The number of esters is 1. The quantitative estimate of drug-likeness (QED) is 0.208. The zero-order chi connectivity index (χ0) is 22.9. The van der Waals surface area contributed by atoms with E-state index in [-0.39, 0.29) is 11.4 Å². The van der Waals surface area contributed by atoms with Gasteiger partial charge in [-0.2, -0.15) is 9.78 Å². The summed E-state index contributed by atoms with van der Waals surface area (Å²) in [7, 11) is 0. The maximum Gasteiger partial charge on any atom is 0.308 e. The molecule has 0 fully saturated rings. The summed E-state index contributed by atoms with van der Waals surface area (Å²) in [6.07, 6.45) is 1.53. The molecule has 7 nitrogen and oxygen atoms in total. The Labute approximate surface area is 192 Å². The number of nitrogens with zero attached hydrogens (tertiary/aromatic N) is 3. The zero-order valence-corrected chi connectivity index (χ0v) is 18.1. The average Bonchev–Trinajstić information content (AvgIpc) is 3.22. The lowest BCUT2D eigenvalue weighted by Crippen LogP contribution is -2.20. The SMILES string of the molecule is CC(=O)Oc1ccc(C=Nn2c(-c3cc4cc(Cl)ccc4o3)nc3ccccc3c2=O)cc1. The molecule has 8 heteroatoms. The second-order valence-corrected chi connectivity index (χ2v) is 7.71. The third kappa shape index (κ3) is 4.14. The van der Waals surface area contributed by atoms with Crippen LogP contribution >= 0.6 is 11.6 Å². The van der Waals surface area contributed by atoms with Gasteiger partial charge in [0.05, 0.1) is 17.1 Å². The van der Waals surface area contributed by atoms with Gasteiger partial charge in [0.25, 0.3) is 5.56 Å². The molecule has 5 aromatic rings. The number of aromatic nitrogens is 2. The molecule has 0 spiro atoms. The Morgan fingerprint density at radius 1 is 1.09 bits per heavy atom. The Morgan fingerprint density at radius 2 is 1.88 bits per heavy atom. The Morgan fingerprint density at radius 3 is 2.67 bits per heavy atom. The fraction of sp³-hybridized carbons (Fsp3) is 0.0400. The van der Waals surface area contributed by atoms with E-state index in [1.54, 1.807) is 66.7 Å². The van der Waals surface area contributed by atoms with Crippen LogP contribution in [0, 0.1) is 0 Å². The zero-order valence-electron chi connectivity index (χ0n) is 17.4. The van der Waals surface area contributed by atoms with Crippen LogP contribution in [-0.2, 0) is 4.79 Å². The van der Waals surface area contributed by atoms with E-state index in [9.17, 15) is 9.59 Å². The van der Waals surface area contributed by atoms with Crippen LogP contribution in [0.5, 0.6) is 5.75 Å². The molecule has 3 aromatic carbocycles. The topological polar surface area (TPSA) is 86.7 Å².